The van der Waals surface area contributed by atoms with Crippen molar-refractivity contribution in [1.29, 1.82) is 0 Å². The van der Waals surface area contributed by atoms with E-state index in [1.165, 1.54) is 12.1 Å². The third kappa shape index (κ3) is 3.22. The molecule has 2 rings (SSSR count). The summed E-state index contributed by atoms with van der Waals surface area (Å²) in [6, 6.07) is 2.12. The van der Waals surface area contributed by atoms with Crippen molar-refractivity contribution in [3.63, 3.8) is 0 Å². The predicted octanol–water partition coefficient (Wildman–Crippen LogP) is 3.82. The van der Waals surface area contributed by atoms with Crippen molar-refractivity contribution >= 4 is 44.8 Å². The Bertz CT molecular complexity index is 609. The topological polar surface area (TPSA) is 46.2 Å². The molecule has 0 radical (unpaired) electrons. The molecule has 20 heavy (non-hydrogen) atoms. The lowest BCUT2D eigenvalue weighted by Crippen LogP contribution is -2.38. The number of alkyl halides is 1. The number of nitrogens with one attached hydrogen (secondary N) is 1. The maximum atomic E-state index is 13.6. The lowest BCUT2D eigenvalue weighted by Gasteiger charge is -2.19. The molecule has 2 unspecified atom stereocenters. The van der Waals surface area contributed by atoms with Gasteiger partial charge in [0.05, 0.1) is 10.0 Å². The van der Waals surface area contributed by atoms with Crippen LogP contribution >= 0.6 is 34.8 Å². The van der Waals surface area contributed by atoms with E-state index in [1.54, 1.807) is 0 Å². The number of rotatable bonds is 4. The van der Waals surface area contributed by atoms with Gasteiger partial charge in [0.25, 0.3) is 0 Å². The zero-order valence-electron chi connectivity index (χ0n) is 10.4. The van der Waals surface area contributed by atoms with Gasteiger partial charge in [-0.2, -0.15) is 0 Å². The van der Waals surface area contributed by atoms with E-state index in [9.17, 15) is 12.8 Å². The van der Waals surface area contributed by atoms with Crippen LogP contribution in [0.15, 0.2) is 17.0 Å². The monoisotopic (exact) mass is 359 g/mol. The van der Waals surface area contributed by atoms with Crippen LogP contribution in [0.25, 0.3) is 0 Å². The Morgan fingerprint density at radius 2 is 2.00 bits per heavy atom. The minimum absolute atomic E-state index is 0.0855. The molecule has 1 saturated carbocycles. The maximum Gasteiger partial charge on any atom is 0.242 e. The van der Waals surface area contributed by atoms with Crippen LogP contribution in [0.1, 0.15) is 19.3 Å². The fourth-order valence-corrected chi connectivity index (χ4v) is 4.81. The second-order valence-electron chi connectivity index (χ2n) is 4.75. The summed E-state index contributed by atoms with van der Waals surface area (Å²) in [5, 5.41) is -0.709. The Morgan fingerprint density at radius 1 is 1.30 bits per heavy atom. The van der Waals surface area contributed by atoms with E-state index < -0.39 is 20.9 Å². The molecule has 1 fully saturated rings. The van der Waals surface area contributed by atoms with Gasteiger partial charge in [-0.1, -0.05) is 29.6 Å². The molecule has 0 aliphatic heterocycles. The van der Waals surface area contributed by atoms with Gasteiger partial charge in [0.15, 0.2) is 5.82 Å². The molecule has 0 bridgehead atoms. The lowest BCUT2D eigenvalue weighted by molar-refractivity contribution is 0.480. The number of halogens is 4. The Morgan fingerprint density at radius 3 is 2.65 bits per heavy atom. The van der Waals surface area contributed by atoms with Gasteiger partial charge >= 0.3 is 0 Å². The SMILES string of the molecule is O=S(=O)(NC1CCCC1CCl)c1ccc(Cl)c(F)c1Cl. The van der Waals surface area contributed by atoms with Gasteiger partial charge in [-0.05, 0) is 30.9 Å². The molecule has 0 heterocycles. The lowest BCUT2D eigenvalue weighted by atomic mass is 10.1. The van der Waals surface area contributed by atoms with Gasteiger partial charge in [0, 0.05) is 11.9 Å². The first-order valence-corrected chi connectivity index (χ1v) is 8.86. The van der Waals surface area contributed by atoms with Crippen molar-refractivity contribution in [2.45, 2.75) is 30.2 Å². The van der Waals surface area contributed by atoms with Crippen molar-refractivity contribution in [3.05, 3.63) is 28.0 Å². The zero-order valence-corrected chi connectivity index (χ0v) is 13.5. The summed E-state index contributed by atoms with van der Waals surface area (Å²) >= 11 is 17.1. The molecule has 0 aromatic heterocycles. The highest BCUT2D eigenvalue weighted by Gasteiger charge is 2.32. The number of hydrogen-bond acceptors (Lipinski definition) is 2. The van der Waals surface area contributed by atoms with Crippen molar-refractivity contribution in [1.82, 2.24) is 4.72 Å². The molecule has 112 valence electrons. The highest BCUT2D eigenvalue weighted by Crippen LogP contribution is 2.32. The molecule has 0 spiro atoms. The molecular formula is C12H13Cl3FNO2S. The van der Waals surface area contributed by atoms with Crippen molar-refractivity contribution in [2.24, 2.45) is 5.92 Å². The van der Waals surface area contributed by atoms with Crippen molar-refractivity contribution < 1.29 is 12.8 Å². The molecule has 1 aliphatic rings. The standard InChI is InChI=1S/C12H13Cl3FNO2S/c13-6-7-2-1-3-9(7)17-20(18,19)10-5-4-8(14)12(16)11(10)15/h4-5,7,9,17H,1-3,6H2. The van der Waals surface area contributed by atoms with E-state index in [4.69, 9.17) is 34.8 Å². The molecule has 3 nitrogen and oxygen atoms in total. The molecule has 0 amide bonds. The fourth-order valence-electron chi connectivity index (χ4n) is 2.36. The Labute approximate surface area is 132 Å². The molecule has 8 heteroatoms. The quantitative estimate of drug-likeness (QED) is 0.655. The van der Waals surface area contributed by atoms with Crippen LogP contribution in [0.3, 0.4) is 0 Å². The summed E-state index contributed by atoms with van der Waals surface area (Å²) in [6.45, 7) is 0. The van der Waals surface area contributed by atoms with E-state index in [0.29, 0.717) is 12.3 Å². The van der Waals surface area contributed by atoms with Crippen LogP contribution in [-0.2, 0) is 10.0 Å². The fraction of sp³-hybridized carbons (Fsp3) is 0.500. The Balaban J connectivity index is 2.29. The third-order valence-corrected chi connectivity index (χ3v) is 6.16. The van der Waals surface area contributed by atoms with Crippen LogP contribution in [-0.4, -0.2) is 20.3 Å². The molecule has 0 saturated heterocycles. The summed E-state index contributed by atoms with van der Waals surface area (Å²) in [5.41, 5.74) is 0. The number of sulfonamides is 1. The maximum absolute atomic E-state index is 13.6. The van der Waals surface area contributed by atoms with Crippen molar-refractivity contribution in [3.8, 4) is 0 Å². The first-order valence-electron chi connectivity index (χ1n) is 6.08. The van der Waals surface area contributed by atoms with Crippen molar-refractivity contribution in [2.75, 3.05) is 5.88 Å². The smallest absolute Gasteiger partial charge is 0.208 e. The summed E-state index contributed by atoms with van der Waals surface area (Å²) in [4.78, 5) is -0.304. The molecule has 1 aliphatic carbocycles. The van der Waals surface area contributed by atoms with Crippen LogP contribution in [0.2, 0.25) is 10.0 Å². The van der Waals surface area contributed by atoms with Gasteiger partial charge in [-0.3, -0.25) is 0 Å². The highest BCUT2D eigenvalue weighted by atomic mass is 35.5. The van der Waals surface area contributed by atoms with Crippen LogP contribution in [0.5, 0.6) is 0 Å². The van der Waals surface area contributed by atoms with E-state index >= 15 is 0 Å². The molecule has 1 aromatic carbocycles. The summed E-state index contributed by atoms with van der Waals surface area (Å²) in [7, 11) is -3.90. The van der Waals surface area contributed by atoms with Crippen LogP contribution in [0, 0.1) is 11.7 Å². The number of hydrogen-bond donors (Lipinski definition) is 1. The average molecular weight is 361 g/mol. The number of benzene rings is 1. The van der Waals surface area contributed by atoms with Crippen LogP contribution in [0.4, 0.5) is 4.39 Å². The Hall–Kier alpha value is -0.0700. The largest absolute Gasteiger partial charge is 0.242 e. The van der Waals surface area contributed by atoms with E-state index in [1.807, 2.05) is 0 Å². The second kappa shape index (κ2) is 6.36. The van der Waals surface area contributed by atoms with Gasteiger partial charge in [0.2, 0.25) is 10.0 Å². The third-order valence-electron chi connectivity index (χ3n) is 3.45. The first-order chi connectivity index (χ1) is 9.36. The van der Waals surface area contributed by atoms with E-state index in [-0.39, 0.29) is 21.9 Å². The Kier molecular flexibility index (Phi) is 5.19. The van der Waals surface area contributed by atoms with Crippen LogP contribution < -0.4 is 4.72 Å². The van der Waals surface area contributed by atoms with Gasteiger partial charge in [0.1, 0.15) is 4.90 Å². The summed E-state index contributed by atoms with van der Waals surface area (Å²) < 4.78 is 40.7. The van der Waals surface area contributed by atoms with Gasteiger partial charge in [-0.25, -0.2) is 17.5 Å². The zero-order chi connectivity index (χ0) is 14.9. The molecule has 2 atom stereocenters. The van der Waals surface area contributed by atoms with E-state index in [2.05, 4.69) is 4.72 Å². The summed E-state index contributed by atoms with van der Waals surface area (Å²) in [5.74, 6) is -0.463. The molecular weight excluding hydrogens is 348 g/mol. The average Bonchev–Trinajstić information content (AvgIpc) is 2.82. The van der Waals surface area contributed by atoms with Gasteiger partial charge in [-0.15, -0.1) is 11.6 Å². The molecule has 1 aromatic rings. The molecule has 1 N–H and O–H groups in total. The van der Waals surface area contributed by atoms with E-state index in [0.717, 1.165) is 12.8 Å². The normalized spacial score (nSPS) is 23.2. The van der Waals surface area contributed by atoms with Gasteiger partial charge < -0.3 is 0 Å². The summed E-state index contributed by atoms with van der Waals surface area (Å²) in [6.07, 6.45) is 2.50. The predicted molar refractivity (Wildman–Crippen MR) is 78.6 cm³/mol. The minimum Gasteiger partial charge on any atom is -0.208 e. The first kappa shape index (κ1) is 16.3. The second-order valence-corrected chi connectivity index (χ2v) is 7.52. The minimum atomic E-state index is -3.90. The highest BCUT2D eigenvalue weighted by molar-refractivity contribution is 7.89.